The van der Waals surface area contributed by atoms with E-state index in [-0.39, 0.29) is 29.5 Å². The largest absolute Gasteiger partial charge is 0.495 e. The van der Waals surface area contributed by atoms with Crippen molar-refractivity contribution in [2.75, 3.05) is 24.5 Å². The average Bonchev–Trinajstić information content (AvgIpc) is 3.06. The molecule has 0 saturated heterocycles. The van der Waals surface area contributed by atoms with Gasteiger partial charge in [0.05, 0.1) is 17.7 Å². The number of amides is 2. The van der Waals surface area contributed by atoms with E-state index in [4.69, 9.17) is 4.74 Å². The molecule has 0 saturated carbocycles. The quantitative estimate of drug-likeness (QED) is 0.159. The third-order valence-corrected chi connectivity index (χ3v) is 9.69. The van der Waals surface area contributed by atoms with Crippen LogP contribution in [0.5, 0.6) is 5.75 Å². The summed E-state index contributed by atoms with van der Waals surface area (Å²) in [6, 6.07) is 29.5. The monoisotopic (exact) mass is 641 g/mol. The van der Waals surface area contributed by atoms with Gasteiger partial charge in [0.15, 0.2) is 0 Å². The van der Waals surface area contributed by atoms with Crippen molar-refractivity contribution >= 4 is 27.5 Å². The normalized spacial score (nSPS) is 11.8. The Kier molecular flexibility index (Phi) is 12.0. The molecule has 46 heavy (non-hydrogen) atoms. The fourth-order valence-electron chi connectivity index (χ4n) is 5.26. The summed E-state index contributed by atoms with van der Waals surface area (Å²) in [7, 11) is -2.77. The summed E-state index contributed by atoms with van der Waals surface area (Å²) in [4.78, 5) is 30.1. The summed E-state index contributed by atoms with van der Waals surface area (Å²) in [6.45, 7) is 5.89. The van der Waals surface area contributed by atoms with Crippen molar-refractivity contribution in [1.82, 2.24) is 10.2 Å². The van der Waals surface area contributed by atoms with E-state index in [9.17, 15) is 18.0 Å². The second-order valence-corrected chi connectivity index (χ2v) is 13.2. The Balaban J connectivity index is 1.84. The van der Waals surface area contributed by atoms with E-state index >= 15 is 0 Å². The van der Waals surface area contributed by atoms with Gasteiger partial charge in [0.1, 0.15) is 18.3 Å². The van der Waals surface area contributed by atoms with Gasteiger partial charge in [0.2, 0.25) is 11.8 Å². The van der Waals surface area contributed by atoms with E-state index < -0.39 is 28.5 Å². The third kappa shape index (κ3) is 8.54. The van der Waals surface area contributed by atoms with Gasteiger partial charge in [-0.05, 0) is 66.8 Å². The Hall–Kier alpha value is -4.63. The van der Waals surface area contributed by atoms with Crippen molar-refractivity contribution in [1.29, 1.82) is 0 Å². The van der Waals surface area contributed by atoms with Crippen molar-refractivity contribution in [3.8, 4) is 5.75 Å². The van der Waals surface area contributed by atoms with Crippen molar-refractivity contribution < 1.29 is 22.7 Å². The number of ether oxygens (including phenoxy) is 1. The number of methoxy groups -OCH3 is 1. The van der Waals surface area contributed by atoms with Crippen LogP contribution in [0, 0.1) is 13.8 Å². The molecule has 0 bridgehead atoms. The highest BCUT2D eigenvalue weighted by atomic mass is 32.2. The molecule has 242 valence electrons. The highest BCUT2D eigenvalue weighted by Gasteiger charge is 2.35. The van der Waals surface area contributed by atoms with Gasteiger partial charge in [0, 0.05) is 19.5 Å². The van der Waals surface area contributed by atoms with Gasteiger partial charge >= 0.3 is 0 Å². The number of nitrogens with zero attached hydrogens (tertiary/aromatic N) is 2. The van der Waals surface area contributed by atoms with Gasteiger partial charge in [-0.15, -0.1) is 0 Å². The highest BCUT2D eigenvalue weighted by molar-refractivity contribution is 7.92. The number of unbranched alkanes of at least 4 members (excludes halogenated alkanes) is 1. The molecule has 0 aromatic heterocycles. The number of rotatable bonds is 15. The van der Waals surface area contributed by atoms with Crippen molar-refractivity contribution in [2.45, 2.75) is 57.5 Å². The molecule has 0 aliphatic heterocycles. The molecule has 9 heteroatoms. The number of aryl methyl sites for hydroxylation is 2. The number of benzene rings is 4. The van der Waals surface area contributed by atoms with Gasteiger partial charge in [-0.1, -0.05) is 92.2 Å². The van der Waals surface area contributed by atoms with Gasteiger partial charge in [-0.2, -0.15) is 0 Å². The summed E-state index contributed by atoms with van der Waals surface area (Å²) >= 11 is 0. The Morgan fingerprint density at radius 1 is 0.870 bits per heavy atom. The number of nitrogens with one attached hydrogen (secondary N) is 1. The molecule has 0 heterocycles. The smallest absolute Gasteiger partial charge is 0.264 e. The Morgan fingerprint density at radius 3 is 2.17 bits per heavy atom. The molecule has 4 aromatic rings. The van der Waals surface area contributed by atoms with Crippen molar-refractivity contribution in [3.63, 3.8) is 0 Å². The van der Waals surface area contributed by atoms with Crippen LogP contribution in [-0.2, 0) is 32.6 Å². The predicted octanol–water partition coefficient (Wildman–Crippen LogP) is 6.06. The van der Waals surface area contributed by atoms with E-state index in [1.807, 2.05) is 81.4 Å². The molecule has 0 aliphatic rings. The van der Waals surface area contributed by atoms with E-state index in [1.54, 1.807) is 30.3 Å². The molecule has 0 aliphatic carbocycles. The molecular weight excluding hydrogens is 598 g/mol. The van der Waals surface area contributed by atoms with E-state index in [2.05, 4.69) is 5.32 Å². The molecular formula is C37H43N3O5S. The maximum Gasteiger partial charge on any atom is 0.264 e. The molecule has 0 spiro atoms. The SMILES string of the molecule is CCCCNC(=O)[C@@H](Cc1ccccc1)N(Cc1ccccc1C)C(=O)CN(c1cc(C)ccc1OC)S(=O)(=O)c1ccccc1. The topological polar surface area (TPSA) is 96.0 Å². The minimum Gasteiger partial charge on any atom is -0.495 e. The predicted molar refractivity (Wildman–Crippen MR) is 182 cm³/mol. The van der Waals surface area contributed by atoms with E-state index in [0.717, 1.165) is 39.4 Å². The molecule has 0 fully saturated rings. The minimum atomic E-state index is -4.23. The first-order valence-corrected chi connectivity index (χ1v) is 17.0. The Bertz CT molecular complexity index is 1710. The zero-order valence-corrected chi connectivity index (χ0v) is 27.8. The van der Waals surface area contributed by atoms with Crippen LogP contribution in [-0.4, -0.2) is 51.4 Å². The van der Waals surface area contributed by atoms with E-state index in [0.29, 0.717) is 12.3 Å². The molecule has 2 amide bonds. The fourth-order valence-corrected chi connectivity index (χ4v) is 6.70. The first-order valence-electron chi connectivity index (χ1n) is 15.5. The van der Waals surface area contributed by atoms with Gasteiger partial charge in [-0.25, -0.2) is 8.42 Å². The second kappa shape index (κ2) is 16.1. The lowest BCUT2D eigenvalue weighted by molar-refractivity contribution is -0.140. The molecule has 4 rings (SSSR count). The van der Waals surface area contributed by atoms with Crippen LogP contribution in [0.1, 0.15) is 42.0 Å². The van der Waals surface area contributed by atoms with Crippen LogP contribution in [0.15, 0.2) is 108 Å². The molecule has 4 aromatic carbocycles. The molecule has 0 unspecified atom stereocenters. The average molecular weight is 642 g/mol. The maximum absolute atomic E-state index is 14.7. The highest BCUT2D eigenvalue weighted by Crippen LogP contribution is 2.34. The lowest BCUT2D eigenvalue weighted by Gasteiger charge is -2.34. The number of hydrogen-bond acceptors (Lipinski definition) is 5. The van der Waals surface area contributed by atoms with Gasteiger partial charge in [0.25, 0.3) is 10.0 Å². The summed E-state index contributed by atoms with van der Waals surface area (Å²) < 4.78 is 35.2. The summed E-state index contributed by atoms with van der Waals surface area (Å²) in [5.41, 5.74) is 3.74. The number of hydrogen-bond donors (Lipinski definition) is 1. The van der Waals surface area contributed by atoms with Crippen LogP contribution >= 0.6 is 0 Å². The Labute approximate surface area is 273 Å². The van der Waals surface area contributed by atoms with Gasteiger partial charge < -0.3 is 15.0 Å². The standard InChI is InChI=1S/C37H43N3O5S/c1-5-6-23-38-37(42)34(25-30-16-9-7-10-17-30)39(26-31-18-14-13-15-29(31)3)36(41)27-40(33-24-28(2)21-22-35(33)45-4)46(43,44)32-19-11-8-12-20-32/h7-22,24,34H,5-6,23,25-27H2,1-4H3,(H,38,42)/t34-/m1/s1. The van der Waals surface area contributed by atoms with Crippen LogP contribution in [0.2, 0.25) is 0 Å². The lowest BCUT2D eigenvalue weighted by Crippen LogP contribution is -2.53. The van der Waals surface area contributed by atoms with Crippen LogP contribution < -0.4 is 14.4 Å². The van der Waals surface area contributed by atoms with Crippen molar-refractivity contribution in [2.24, 2.45) is 0 Å². The van der Waals surface area contributed by atoms with Crippen molar-refractivity contribution in [3.05, 3.63) is 125 Å². The summed E-state index contributed by atoms with van der Waals surface area (Å²) in [5, 5.41) is 3.02. The van der Waals surface area contributed by atoms with Crippen LogP contribution in [0.4, 0.5) is 5.69 Å². The second-order valence-electron chi connectivity index (χ2n) is 11.3. The first kappa shape index (κ1) is 34.2. The fraction of sp³-hybridized carbons (Fsp3) is 0.297. The lowest BCUT2D eigenvalue weighted by atomic mass is 10.0. The number of sulfonamides is 1. The first-order chi connectivity index (χ1) is 22.1. The summed E-state index contributed by atoms with van der Waals surface area (Å²) in [5.74, 6) is -0.496. The number of carbonyl (C=O) groups excluding carboxylic acids is 2. The Morgan fingerprint density at radius 2 is 1.52 bits per heavy atom. The maximum atomic E-state index is 14.7. The minimum absolute atomic E-state index is 0.0370. The third-order valence-electron chi connectivity index (χ3n) is 7.92. The molecule has 1 N–H and O–H groups in total. The molecule has 1 atom stereocenters. The van der Waals surface area contributed by atoms with E-state index in [1.165, 1.54) is 24.1 Å². The molecule has 8 nitrogen and oxygen atoms in total. The van der Waals surface area contributed by atoms with Crippen LogP contribution in [0.3, 0.4) is 0 Å². The zero-order chi connectivity index (χ0) is 33.1. The van der Waals surface area contributed by atoms with Crippen LogP contribution in [0.25, 0.3) is 0 Å². The van der Waals surface area contributed by atoms with Gasteiger partial charge in [-0.3, -0.25) is 13.9 Å². The summed E-state index contributed by atoms with van der Waals surface area (Å²) in [6.07, 6.45) is 1.96. The zero-order valence-electron chi connectivity index (χ0n) is 27.0. The number of anilines is 1. The molecule has 0 radical (unpaired) electrons. The number of carbonyl (C=O) groups is 2.